The lowest BCUT2D eigenvalue weighted by molar-refractivity contribution is -0.118. The van der Waals surface area contributed by atoms with E-state index in [-0.39, 0.29) is 29.6 Å². The van der Waals surface area contributed by atoms with Crippen molar-refractivity contribution in [3.8, 4) is 0 Å². The smallest absolute Gasteiger partial charge is 0.244 e. The molecule has 5 aliphatic rings. The number of carbonyl (C=O) groups excluding carboxylic acids is 3. The Hall–Kier alpha value is -4.45. The molecule has 3 heterocycles. The van der Waals surface area contributed by atoms with Crippen LogP contribution in [0, 0.1) is 6.92 Å². The molecule has 192 valence electrons. The topological polar surface area (TPSA) is 78.5 Å². The first-order valence-electron chi connectivity index (χ1n) is 13.7. The van der Waals surface area contributed by atoms with E-state index in [0.717, 1.165) is 42.5 Å². The molecule has 1 amide bonds. The first-order chi connectivity index (χ1) is 19.0. The third kappa shape index (κ3) is 2.73. The van der Waals surface area contributed by atoms with E-state index in [1.807, 2.05) is 79.7 Å². The highest BCUT2D eigenvalue weighted by Crippen LogP contribution is 2.60. The van der Waals surface area contributed by atoms with Crippen molar-refractivity contribution in [3.05, 3.63) is 118 Å². The van der Waals surface area contributed by atoms with Crippen LogP contribution in [0.1, 0.15) is 63.1 Å². The fourth-order valence-corrected chi connectivity index (χ4v) is 7.52. The fraction of sp³-hybridized carbons (Fsp3) is 0.242. The van der Waals surface area contributed by atoms with Crippen LogP contribution in [0.2, 0.25) is 0 Å². The summed E-state index contributed by atoms with van der Waals surface area (Å²) in [7, 11) is 0. The molecule has 0 radical (unpaired) electrons. The minimum Gasteiger partial charge on any atom is -0.366 e. The molecule has 3 aliphatic heterocycles. The van der Waals surface area contributed by atoms with Gasteiger partial charge in [0.05, 0.1) is 17.3 Å². The molecule has 6 nitrogen and oxygen atoms in total. The number of amides is 1. The molecular formula is C33H27N3O3. The molecule has 0 aromatic heterocycles. The van der Waals surface area contributed by atoms with Crippen molar-refractivity contribution in [2.75, 3.05) is 5.32 Å². The van der Waals surface area contributed by atoms with Gasteiger partial charge < -0.3 is 15.5 Å². The van der Waals surface area contributed by atoms with Crippen molar-refractivity contribution in [2.45, 2.75) is 50.1 Å². The van der Waals surface area contributed by atoms with Gasteiger partial charge in [-0.2, -0.15) is 0 Å². The summed E-state index contributed by atoms with van der Waals surface area (Å²) in [6.45, 7) is 1.98. The molecule has 2 N–H and O–H groups in total. The number of anilines is 1. The number of rotatable bonds is 2. The van der Waals surface area contributed by atoms with Gasteiger partial charge in [0.25, 0.3) is 0 Å². The van der Waals surface area contributed by atoms with E-state index in [9.17, 15) is 14.4 Å². The summed E-state index contributed by atoms with van der Waals surface area (Å²) in [4.78, 5) is 45.8. The number of para-hydroxylation sites is 1. The Morgan fingerprint density at radius 1 is 0.897 bits per heavy atom. The van der Waals surface area contributed by atoms with Crippen molar-refractivity contribution in [1.82, 2.24) is 10.2 Å². The van der Waals surface area contributed by atoms with E-state index in [1.54, 1.807) is 0 Å². The van der Waals surface area contributed by atoms with E-state index >= 15 is 0 Å². The van der Waals surface area contributed by atoms with Crippen LogP contribution in [0.5, 0.6) is 0 Å². The Morgan fingerprint density at radius 2 is 1.62 bits per heavy atom. The maximum Gasteiger partial charge on any atom is 0.244 e. The molecule has 3 unspecified atom stereocenters. The molecule has 0 bridgehead atoms. The van der Waals surface area contributed by atoms with E-state index in [1.165, 1.54) is 0 Å². The third-order valence-electron chi connectivity index (χ3n) is 9.20. The highest BCUT2D eigenvalue weighted by Gasteiger charge is 2.65. The van der Waals surface area contributed by atoms with Crippen LogP contribution < -0.4 is 10.6 Å². The molecule has 6 heteroatoms. The lowest BCUT2D eigenvalue weighted by atomic mass is 9.64. The molecular weight excluding hydrogens is 486 g/mol. The van der Waals surface area contributed by atoms with Crippen LogP contribution in [0.15, 0.2) is 89.8 Å². The van der Waals surface area contributed by atoms with Crippen molar-refractivity contribution < 1.29 is 14.4 Å². The minimum absolute atomic E-state index is 0.107. The number of nitrogens with zero attached hydrogens (tertiary/aromatic N) is 1. The van der Waals surface area contributed by atoms with Gasteiger partial charge in [-0.15, -0.1) is 0 Å². The molecule has 3 atom stereocenters. The van der Waals surface area contributed by atoms with Gasteiger partial charge in [0.15, 0.2) is 11.6 Å². The standard InChI is InChI=1S/C33H27N3O3/c1-18-14-16-19(17-15-18)29(37)27-31-34-24-12-6-7-13-25(24)36(31)28-20-8-2-3-9-21(20)30(38)26(28)33(27)22-10-4-5-11-23(22)35-32(33)39/h2-5,8-11,14-17,24-25,34H,6-7,12-13H2,1H3,(H,35,39). The summed E-state index contributed by atoms with van der Waals surface area (Å²) in [6, 6.07) is 22.8. The Balaban J connectivity index is 1.50. The van der Waals surface area contributed by atoms with Crippen LogP contribution in [-0.4, -0.2) is 34.5 Å². The lowest BCUT2D eigenvalue weighted by Gasteiger charge is -2.42. The Morgan fingerprint density at radius 3 is 2.44 bits per heavy atom. The summed E-state index contributed by atoms with van der Waals surface area (Å²) in [6.07, 6.45) is 4.12. The fourth-order valence-electron chi connectivity index (χ4n) is 7.52. The van der Waals surface area contributed by atoms with Gasteiger partial charge in [-0.1, -0.05) is 85.1 Å². The minimum atomic E-state index is -1.56. The quantitative estimate of drug-likeness (QED) is 0.466. The molecule has 39 heavy (non-hydrogen) atoms. The largest absolute Gasteiger partial charge is 0.366 e. The van der Waals surface area contributed by atoms with Gasteiger partial charge in [-0.05, 0) is 25.8 Å². The Labute approximate surface area is 226 Å². The normalized spacial score (nSPS) is 26.1. The molecule has 3 aromatic rings. The zero-order chi connectivity index (χ0) is 26.5. The monoisotopic (exact) mass is 513 g/mol. The van der Waals surface area contributed by atoms with E-state index in [2.05, 4.69) is 15.5 Å². The van der Waals surface area contributed by atoms with Crippen LogP contribution in [0.4, 0.5) is 5.69 Å². The summed E-state index contributed by atoms with van der Waals surface area (Å²) in [5.41, 5.74) is 4.23. The molecule has 8 rings (SSSR count). The second kappa shape index (κ2) is 7.79. The molecule has 2 fully saturated rings. The number of benzene rings is 3. The molecule has 1 saturated carbocycles. The van der Waals surface area contributed by atoms with Crippen molar-refractivity contribution in [2.24, 2.45) is 0 Å². The number of Topliss-reactive ketones (excluding diaryl/α,β-unsaturated/α-hetero) is 2. The molecule has 2 aliphatic carbocycles. The maximum absolute atomic E-state index is 14.7. The average molecular weight is 514 g/mol. The van der Waals surface area contributed by atoms with E-state index < -0.39 is 5.41 Å². The molecule has 1 saturated heterocycles. The lowest BCUT2D eigenvalue weighted by Crippen LogP contribution is -2.49. The summed E-state index contributed by atoms with van der Waals surface area (Å²) < 4.78 is 0. The number of hydrogen-bond acceptors (Lipinski definition) is 5. The number of ketones is 2. The first-order valence-corrected chi connectivity index (χ1v) is 13.7. The predicted molar refractivity (Wildman–Crippen MR) is 148 cm³/mol. The van der Waals surface area contributed by atoms with Gasteiger partial charge in [-0.3, -0.25) is 14.4 Å². The third-order valence-corrected chi connectivity index (χ3v) is 9.20. The van der Waals surface area contributed by atoms with Crippen LogP contribution in [0.25, 0.3) is 5.70 Å². The summed E-state index contributed by atoms with van der Waals surface area (Å²) >= 11 is 0. The van der Waals surface area contributed by atoms with Gasteiger partial charge >= 0.3 is 0 Å². The number of aryl methyl sites for hydroxylation is 1. The zero-order valence-corrected chi connectivity index (χ0v) is 21.6. The van der Waals surface area contributed by atoms with Crippen LogP contribution in [-0.2, 0) is 10.2 Å². The predicted octanol–water partition coefficient (Wildman–Crippen LogP) is 5.12. The zero-order valence-electron chi connectivity index (χ0n) is 21.6. The van der Waals surface area contributed by atoms with Gasteiger partial charge in [0, 0.05) is 39.6 Å². The summed E-state index contributed by atoms with van der Waals surface area (Å²) in [5, 5.41) is 6.78. The van der Waals surface area contributed by atoms with Crippen molar-refractivity contribution in [1.29, 1.82) is 0 Å². The highest BCUT2D eigenvalue weighted by atomic mass is 16.2. The van der Waals surface area contributed by atoms with Crippen molar-refractivity contribution >= 4 is 28.9 Å². The second-order valence-corrected chi connectivity index (χ2v) is 11.2. The maximum atomic E-state index is 14.7. The van der Waals surface area contributed by atoms with Crippen LogP contribution >= 0.6 is 0 Å². The molecule has 1 spiro atoms. The van der Waals surface area contributed by atoms with Gasteiger partial charge in [0.2, 0.25) is 5.91 Å². The highest BCUT2D eigenvalue weighted by molar-refractivity contribution is 6.33. The number of carbonyl (C=O) groups is 3. The number of nitrogens with one attached hydrogen (secondary N) is 2. The number of fused-ring (bicyclic) bond motifs is 9. The van der Waals surface area contributed by atoms with E-state index in [0.29, 0.717) is 39.3 Å². The Bertz CT molecular complexity index is 1700. The number of hydrogen-bond donors (Lipinski definition) is 2. The van der Waals surface area contributed by atoms with E-state index in [4.69, 9.17) is 0 Å². The summed E-state index contributed by atoms with van der Waals surface area (Å²) in [5.74, 6) is -0.0903. The van der Waals surface area contributed by atoms with Crippen LogP contribution in [0.3, 0.4) is 0 Å². The molecule has 3 aromatic carbocycles. The SMILES string of the molecule is Cc1ccc(C(=O)C2=C3NC4CCCCC4N3C3=C(C(=O)c4ccccc43)C23C(=O)Nc2ccccc23)cc1. The Kier molecular flexibility index (Phi) is 4.50. The first kappa shape index (κ1) is 22.5. The van der Waals surface area contributed by atoms with Crippen molar-refractivity contribution in [3.63, 3.8) is 0 Å². The second-order valence-electron chi connectivity index (χ2n) is 11.2. The van der Waals surface area contributed by atoms with Gasteiger partial charge in [-0.25, -0.2) is 0 Å². The van der Waals surface area contributed by atoms with Gasteiger partial charge in [0.1, 0.15) is 11.2 Å². The average Bonchev–Trinajstić information content (AvgIpc) is 3.57.